The molecular weight excluding hydrogens is 310 g/mol. The molecule has 0 saturated carbocycles. The summed E-state index contributed by atoms with van der Waals surface area (Å²) in [7, 11) is -1.80. The van der Waals surface area contributed by atoms with Gasteiger partial charge in [0.2, 0.25) is 0 Å². The van der Waals surface area contributed by atoms with E-state index in [0.29, 0.717) is 11.6 Å². The molecule has 2 aromatic rings. The normalized spacial score (nSPS) is 20.0. The Bertz CT molecular complexity index is 740. The van der Waals surface area contributed by atoms with Crippen LogP contribution in [0, 0.1) is 0 Å². The Morgan fingerprint density at radius 3 is 2.62 bits per heavy atom. The second-order valence-electron chi connectivity index (χ2n) is 5.20. The van der Waals surface area contributed by atoms with Crippen molar-refractivity contribution in [2.75, 3.05) is 6.54 Å². The van der Waals surface area contributed by atoms with Crippen molar-refractivity contribution in [3.05, 3.63) is 47.4 Å². The van der Waals surface area contributed by atoms with Crippen LogP contribution in [-0.2, 0) is 17.1 Å². The second kappa shape index (κ2) is 5.44. The molecule has 1 fully saturated rings. The van der Waals surface area contributed by atoms with Crippen LogP contribution >= 0.6 is 11.6 Å². The summed E-state index contributed by atoms with van der Waals surface area (Å²) in [4.78, 5) is 3.99. The summed E-state index contributed by atoms with van der Waals surface area (Å²) in [5, 5.41) is 0.752. The van der Waals surface area contributed by atoms with E-state index in [1.54, 1.807) is 28.1 Å². The summed E-state index contributed by atoms with van der Waals surface area (Å²) in [6.45, 7) is 0.520. The number of halogens is 1. The van der Waals surface area contributed by atoms with Crippen LogP contribution in [0.25, 0.3) is 0 Å². The maximum Gasteiger partial charge on any atom is 0.262 e. The number of imidazole rings is 1. The molecule has 1 aliphatic rings. The highest BCUT2D eigenvalue weighted by molar-refractivity contribution is 7.89. The summed E-state index contributed by atoms with van der Waals surface area (Å²) < 4.78 is 28.6. The summed E-state index contributed by atoms with van der Waals surface area (Å²) in [5.74, 6) is 0. The topological polar surface area (TPSA) is 55.2 Å². The van der Waals surface area contributed by atoms with E-state index < -0.39 is 10.0 Å². The third-order valence-corrected chi connectivity index (χ3v) is 5.76. The molecule has 7 heteroatoms. The van der Waals surface area contributed by atoms with Gasteiger partial charge in [-0.05, 0) is 30.5 Å². The van der Waals surface area contributed by atoms with Gasteiger partial charge in [-0.3, -0.25) is 0 Å². The van der Waals surface area contributed by atoms with Crippen LogP contribution in [-0.4, -0.2) is 28.8 Å². The van der Waals surface area contributed by atoms with Gasteiger partial charge in [-0.2, -0.15) is 4.31 Å². The smallest absolute Gasteiger partial charge is 0.262 e. The lowest BCUT2D eigenvalue weighted by Gasteiger charge is -2.23. The Morgan fingerprint density at radius 2 is 2.00 bits per heavy atom. The molecule has 1 aliphatic heterocycles. The van der Waals surface area contributed by atoms with Crippen molar-refractivity contribution in [2.24, 2.45) is 7.05 Å². The number of hydrogen-bond donors (Lipinski definition) is 0. The molecule has 112 valence electrons. The third-order valence-electron chi connectivity index (χ3n) is 3.71. The first-order valence-electron chi connectivity index (χ1n) is 6.74. The SMILES string of the molecule is Cn1cnc(S(=O)(=O)N2CCC[C@H]2c2ccc(Cl)cc2)c1. The fourth-order valence-corrected chi connectivity index (χ4v) is 4.47. The van der Waals surface area contributed by atoms with Gasteiger partial charge < -0.3 is 4.57 Å². The second-order valence-corrected chi connectivity index (χ2v) is 7.48. The van der Waals surface area contributed by atoms with Crippen LogP contribution in [0.4, 0.5) is 0 Å². The first kappa shape index (κ1) is 14.6. The highest BCUT2D eigenvalue weighted by Crippen LogP contribution is 2.36. The molecule has 0 bridgehead atoms. The largest absolute Gasteiger partial charge is 0.339 e. The number of benzene rings is 1. The molecule has 1 atom stereocenters. The van der Waals surface area contributed by atoms with E-state index in [4.69, 9.17) is 11.6 Å². The summed E-state index contributed by atoms with van der Waals surface area (Å²) in [5.41, 5.74) is 0.969. The summed E-state index contributed by atoms with van der Waals surface area (Å²) >= 11 is 5.90. The van der Waals surface area contributed by atoms with Gasteiger partial charge in [0.05, 0.1) is 12.4 Å². The Hall–Kier alpha value is -1.37. The van der Waals surface area contributed by atoms with Gasteiger partial charge in [-0.1, -0.05) is 23.7 Å². The molecular formula is C14H16ClN3O2S. The number of hydrogen-bond acceptors (Lipinski definition) is 3. The van der Waals surface area contributed by atoms with Crippen LogP contribution in [0.3, 0.4) is 0 Å². The van der Waals surface area contributed by atoms with E-state index in [9.17, 15) is 8.42 Å². The zero-order valence-electron chi connectivity index (χ0n) is 11.6. The molecule has 2 heterocycles. The molecule has 0 unspecified atom stereocenters. The van der Waals surface area contributed by atoms with Crippen molar-refractivity contribution < 1.29 is 8.42 Å². The minimum Gasteiger partial charge on any atom is -0.339 e. The van der Waals surface area contributed by atoms with E-state index in [-0.39, 0.29) is 11.1 Å². The predicted octanol–water partition coefficient (Wildman–Crippen LogP) is 2.60. The van der Waals surface area contributed by atoms with E-state index in [1.807, 2.05) is 12.1 Å². The molecule has 0 aliphatic carbocycles. The van der Waals surface area contributed by atoms with Crippen molar-refractivity contribution in [3.63, 3.8) is 0 Å². The lowest BCUT2D eigenvalue weighted by Crippen LogP contribution is -2.30. The molecule has 1 aromatic heterocycles. The van der Waals surface area contributed by atoms with Crippen molar-refractivity contribution in [1.82, 2.24) is 13.9 Å². The average molecular weight is 326 g/mol. The van der Waals surface area contributed by atoms with Crippen LogP contribution < -0.4 is 0 Å². The molecule has 1 saturated heterocycles. The fourth-order valence-electron chi connectivity index (χ4n) is 2.69. The maximum atomic E-state index is 12.7. The van der Waals surface area contributed by atoms with Gasteiger partial charge in [0.25, 0.3) is 10.0 Å². The molecule has 5 nitrogen and oxygen atoms in total. The molecule has 0 radical (unpaired) electrons. The van der Waals surface area contributed by atoms with E-state index in [2.05, 4.69) is 4.98 Å². The minimum atomic E-state index is -3.56. The number of aryl methyl sites for hydroxylation is 1. The van der Waals surface area contributed by atoms with Crippen molar-refractivity contribution >= 4 is 21.6 Å². The zero-order valence-corrected chi connectivity index (χ0v) is 13.2. The number of aromatic nitrogens is 2. The molecule has 3 rings (SSSR count). The lowest BCUT2D eigenvalue weighted by molar-refractivity contribution is 0.395. The van der Waals surface area contributed by atoms with Gasteiger partial charge >= 0.3 is 0 Å². The standard InChI is InChI=1S/C14H16ClN3O2S/c1-17-9-14(16-10-17)21(19,20)18-8-2-3-13(18)11-4-6-12(15)7-5-11/h4-7,9-10,13H,2-3,8H2,1H3/t13-/m0/s1. The number of rotatable bonds is 3. The van der Waals surface area contributed by atoms with Gasteiger partial charge in [0.15, 0.2) is 5.03 Å². The highest BCUT2D eigenvalue weighted by atomic mass is 35.5. The summed E-state index contributed by atoms with van der Waals surface area (Å²) in [6, 6.07) is 7.22. The monoisotopic (exact) mass is 325 g/mol. The Labute approximate surface area is 129 Å². The first-order chi connectivity index (χ1) is 9.98. The molecule has 21 heavy (non-hydrogen) atoms. The Balaban J connectivity index is 1.95. The number of nitrogens with zero attached hydrogens (tertiary/aromatic N) is 3. The van der Waals surface area contributed by atoms with Gasteiger partial charge in [0.1, 0.15) is 0 Å². The highest BCUT2D eigenvalue weighted by Gasteiger charge is 2.37. The van der Waals surface area contributed by atoms with Gasteiger partial charge in [-0.25, -0.2) is 13.4 Å². The Morgan fingerprint density at radius 1 is 1.29 bits per heavy atom. The molecule has 0 N–H and O–H groups in total. The van der Waals surface area contributed by atoms with Crippen molar-refractivity contribution in [1.29, 1.82) is 0 Å². The molecule has 0 amide bonds. The average Bonchev–Trinajstić information content (AvgIpc) is 3.08. The van der Waals surface area contributed by atoms with Gasteiger partial charge in [0, 0.05) is 24.8 Å². The maximum absolute atomic E-state index is 12.7. The Kier molecular flexibility index (Phi) is 3.77. The van der Waals surface area contributed by atoms with Crippen LogP contribution in [0.15, 0.2) is 41.8 Å². The van der Waals surface area contributed by atoms with Gasteiger partial charge in [-0.15, -0.1) is 0 Å². The fraction of sp³-hybridized carbons (Fsp3) is 0.357. The molecule has 0 spiro atoms. The molecule has 1 aromatic carbocycles. The van der Waals surface area contributed by atoms with Crippen molar-refractivity contribution in [2.45, 2.75) is 23.9 Å². The quantitative estimate of drug-likeness (QED) is 0.871. The first-order valence-corrected chi connectivity index (χ1v) is 8.55. The summed E-state index contributed by atoms with van der Waals surface area (Å²) in [6.07, 6.45) is 4.69. The van der Waals surface area contributed by atoms with E-state index in [0.717, 1.165) is 18.4 Å². The minimum absolute atomic E-state index is 0.103. The number of sulfonamides is 1. The third kappa shape index (κ3) is 2.71. The predicted molar refractivity (Wildman–Crippen MR) is 80.5 cm³/mol. The van der Waals surface area contributed by atoms with Crippen LogP contribution in [0.1, 0.15) is 24.4 Å². The van der Waals surface area contributed by atoms with Crippen molar-refractivity contribution in [3.8, 4) is 0 Å². The lowest BCUT2D eigenvalue weighted by atomic mass is 10.1. The van der Waals surface area contributed by atoms with E-state index >= 15 is 0 Å². The van der Waals surface area contributed by atoms with E-state index in [1.165, 1.54) is 12.5 Å². The van der Waals surface area contributed by atoms with Crippen LogP contribution in [0.2, 0.25) is 5.02 Å². The zero-order chi connectivity index (χ0) is 15.0. The van der Waals surface area contributed by atoms with Crippen LogP contribution in [0.5, 0.6) is 0 Å².